The smallest absolute Gasteiger partial charge is 0.119 e. The number of nitrogens with one attached hydrogen (secondary N) is 1. The Bertz CT molecular complexity index is 404. The summed E-state index contributed by atoms with van der Waals surface area (Å²) >= 11 is 0. The van der Waals surface area contributed by atoms with Gasteiger partial charge >= 0.3 is 0 Å². The third-order valence-electron chi connectivity index (χ3n) is 4.61. The van der Waals surface area contributed by atoms with Crippen LogP contribution in [0.3, 0.4) is 0 Å². The van der Waals surface area contributed by atoms with Crippen molar-refractivity contribution < 1.29 is 4.74 Å². The van der Waals surface area contributed by atoms with Gasteiger partial charge in [0.25, 0.3) is 0 Å². The Hall–Kier alpha value is -1.02. The molecule has 2 nitrogen and oxygen atoms in total. The molecule has 2 fully saturated rings. The Balaban J connectivity index is 1.62. The Morgan fingerprint density at radius 3 is 3.06 bits per heavy atom. The average Bonchev–Trinajstić information content (AvgIpc) is 2.86. The van der Waals surface area contributed by atoms with Gasteiger partial charge in [0, 0.05) is 12.1 Å². The minimum absolute atomic E-state index is 0.663. The van der Waals surface area contributed by atoms with Crippen LogP contribution in [0.15, 0.2) is 24.3 Å². The molecule has 3 rings (SSSR count). The highest BCUT2D eigenvalue weighted by Crippen LogP contribution is 2.34. The number of rotatable bonds is 3. The maximum atomic E-state index is 5.29. The summed E-state index contributed by atoms with van der Waals surface area (Å²) in [5.74, 6) is 1.94. The van der Waals surface area contributed by atoms with Crippen molar-refractivity contribution in [3.05, 3.63) is 29.8 Å². The number of benzene rings is 1. The lowest BCUT2D eigenvalue weighted by atomic mass is 9.87. The molecule has 98 valence electrons. The lowest BCUT2D eigenvalue weighted by molar-refractivity contribution is 0.257. The molecule has 0 bridgehead atoms. The Labute approximate surface area is 110 Å². The number of methoxy groups -OCH3 is 1. The second-order valence-corrected chi connectivity index (χ2v) is 5.79. The fourth-order valence-corrected chi connectivity index (χ4v) is 3.65. The van der Waals surface area contributed by atoms with Gasteiger partial charge in [-0.1, -0.05) is 18.6 Å². The maximum absolute atomic E-state index is 5.29. The van der Waals surface area contributed by atoms with Crippen molar-refractivity contribution in [1.29, 1.82) is 0 Å². The van der Waals surface area contributed by atoms with E-state index in [-0.39, 0.29) is 0 Å². The molecule has 1 aliphatic heterocycles. The van der Waals surface area contributed by atoms with E-state index in [1.807, 2.05) is 6.07 Å². The summed E-state index contributed by atoms with van der Waals surface area (Å²) in [5.41, 5.74) is 1.39. The molecule has 1 saturated carbocycles. The van der Waals surface area contributed by atoms with E-state index >= 15 is 0 Å². The summed E-state index contributed by atoms with van der Waals surface area (Å²) in [6.07, 6.45) is 8.15. The largest absolute Gasteiger partial charge is 0.497 e. The number of hydrogen-bond donors (Lipinski definition) is 1. The molecular formula is C16H23NO. The van der Waals surface area contributed by atoms with E-state index in [1.165, 1.54) is 37.7 Å². The molecule has 1 N–H and O–H groups in total. The quantitative estimate of drug-likeness (QED) is 0.883. The van der Waals surface area contributed by atoms with Gasteiger partial charge in [0.2, 0.25) is 0 Å². The van der Waals surface area contributed by atoms with Crippen LogP contribution in [0.2, 0.25) is 0 Å². The zero-order valence-electron chi connectivity index (χ0n) is 11.2. The first-order valence-corrected chi connectivity index (χ1v) is 7.24. The zero-order valence-corrected chi connectivity index (χ0v) is 11.2. The molecule has 0 radical (unpaired) electrons. The fraction of sp³-hybridized carbons (Fsp3) is 0.625. The highest BCUT2D eigenvalue weighted by Gasteiger charge is 2.32. The number of hydrogen-bond acceptors (Lipinski definition) is 2. The van der Waals surface area contributed by atoms with E-state index in [4.69, 9.17) is 4.74 Å². The van der Waals surface area contributed by atoms with Gasteiger partial charge in [-0.2, -0.15) is 0 Å². The van der Waals surface area contributed by atoms with E-state index in [2.05, 4.69) is 23.5 Å². The van der Waals surface area contributed by atoms with Gasteiger partial charge in [-0.05, 0) is 55.7 Å². The normalized spacial score (nSPS) is 31.1. The summed E-state index contributed by atoms with van der Waals surface area (Å²) in [4.78, 5) is 0. The van der Waals surface area contributed by atoms with E-state index in [0.717, 1.165) is 24.1 Å². The first-order chi connectivity index (χ1) is 8.85. The van der Waals surface area contributed by atoms with Crippen LogP contribution in [-0.2, 0) is 6.42 Å². The SMILES string of the molecule is COc1cccc(CC2CCC3CCCC3N2)c1. The number of fused-ring (bicyclic) bond motifs is 1. The van der Waals surface area contributed by atoms with Crippen LogP contribution in [0.1, 0.15) is 37.7 Å². The monoisotopic (exact) mass is 245 g/mol. The molecule has 3 atom stereocenters. The summed E-state index contributed by atoms with van der Waals surface area (Å²) in [7, 11) is 1.74. The van der Waals surface area contributed by atoms with Crippen LogP contribution in [0.25, 0.3) is 0 Å². The van der Waals surface area contributed by atoms with E-state index < -0.39 is 0 Å². The van der Waals surface area contributed by atoms with Gasteiger partial charge in [-0.15, -0.1) is 0 Å². The number of ether oxygens (including phenoxy) is 1. The molecule has 18 heavy (non-hydrogen) atoms. The topological polar surface area (TPSA) is 21.3 Å². The van der Waals surface area contributed by atoms with Crippen molar-refractivity contribution in [3.8, 4) is 5.75 Å². The van der Waals surface area contributed by atoms with Gasteiger partial charge in [0.1, 0.15) is 5.75 Å². The predicted molar refractivity (Wildman–Crippen MR) is 74.0 cm³/mol. The molecule has 1 aromatic carbocycles. The minimum Gasteiger partial charge on any atom is -0.497 e. The van der Waals surface area contributed by atoms with Crippen molar-refractivity contribution in [2.75, 3.05) is 7.11 Å². The lowest BCUT2D eigenvalue weighted by Gasteiger charge is -2.33. The standard InChI is InChI=1S/C16H23NO/c1-18-15-6-2-4-12(11-15)10-14-9-8-13-5-3-7-16(13)17-14/h2,4,6,11,13-14,16-17H,3,5,7-10H2,1H3. The summed E-state index contributed by atoms with van der Waals surface area (Å²) in [6.45, 7) is 0. The summed E-state index contributed by atoms with van der Waals surface area (Å²) in [6, 6.07) is 9.96. The molecule has 3 unspecified atom stereocenters. The molecule has 1 aliphatic carbocycles. The molecule has 1 saturated heterocycles. The number of piperidine rings is 1. The van der Waals surface area contributed by atoms with Crippen molar-refractivity contribution in [2.45, 2.75) is 50.6 Å². The highest BCUT2D eigenvalue weighted by atomic mass is 16.5. The molecule has 1 aromatic rings. The summed E-state index contributed by atoms with van der Waals surface area (Å²) < 4.78 is 5.29. The van der Waals surface area contributed by atoms with Crippen molar-refractivity contribution in [3.63, 3.8) is 0 Å². The van der Waals surface area contributed by atoms with Crippen LogP contribution in [0.4, 0.5) is 0 Å². The molecular weight excluding hydrogens is 222 g/mol. The predicted octanol–water partition coefficient (Wildman–Crippen LogP) is 3.16. The molecule has 0 aromatic heterocycles. The van der Waals surface area contributed by atoms with Gasteiger partial charge < -0.3 is 10.1 Å². The molecule has 0 amide bonds. The zero-order chi connectivity index (χ0) is 12.4. The van der Waals surface area contributed by atoms with Crippen molar-refractivity contribution in [2.24, 2.45) is 5.92 Å². The van der Waals surface area contributed by atoms with Crippen LogP contribution in [-0.4, -0.2) is 19.2 Å². The summed E-state index contributed by atoms with van der Waals surface area (Å²) in [5, 5.41) is 3.86. The molecule has 1 heterocycles. The average molecular weight is 245 g/mol. The Morgan fingerprint density at radius 1 is 1.22 bits per heavy atom. The highest BCUT2D eigenvalue weighted by molar-refractivity contribution is 5.29. The molecule has 2 aliphatic rings. The van der Waals surface area contributed by atoms with Gasteiger partial charge in [0.05, 0.1) is 7.11 Å². The van der Waals surface area contributed by atoms with E-state index in [1.54, 1.807) is 7.11 Å². The Morgan fingerprint density at radius 2 is 2.17 bits per heavy atom. The van der Waals surface area contributed by atoms with Crippen LogP contribution >= 0.6 is 0 Å². The molecule has 2 heteroatoms. The third kappa shape index (κ3) is 2.54. The minimum atomic E-state index is 0.663. The van der Waals surface area contributed by atoms with Crippen LogP contribution < -0.4 is 10.1 Å². The van der Waals surface area contributed by atoms with Gasteiger partial charge in [-0.25, -0.2) is 0 Å². The maximum Gasteiger partial charge on any atom is 0.119 e. The Kier molecular flexibility index (Phi) is 3.55. The van der Waals surface area contributed by atoms with E-state index in [9.17, 15) is 0 Å². The van der Waals surface area contributed by atoms with E-state index in [0.29, 0.717) is 6.04 Å². The molecule has 0 spiro atoms. The fourth-order valence-electron chi connectivity index (χ4n) is 3.65. The van der Waals surface area contributed by atoms with Crippen LogP contribution in [0.5, 0.6) is 5.75 Å². The van der Waals surface area contributed by atoms with Gasteiger partial charge in [-0.3, -0.25) is 0 Å². The second-order valence-electron chi connectivity index (χ2n) is 5.79. The second kappa shape index (κ2) is 5.31. The van der Waals surface area contributed by atoms with Gasteiger partial charge in [0.15, 0.2) is 0 Å². The van der Waals surface area contributed by atoms with Crippen LogP contribution in [0, 0.1) is 5.92 Å². The lowest BCUT2D eigenvalue weighted by Crippen LogP contribution is -2.46. The van der Waals surface area contributed by atoms with Crippen molar-refractivity contribution in [1.82, 2.24) is 5.32 Å². The first kappa shape index (κ1) is 12.0. The van der Waals surface area contributed by atoms with Crippen molar-refractivity contribution >= 4 is 0 Å². The third-order valence-corrected chi connectivity index (χ3v) is 4.61. The first-order valence-electron chi connectivity index (χ1n) is 7.24.